The van der Waals surface area contributed by atoms with Crippen LogP contribution in [0.2, 0.25) is 0 Å². The third-order valence-electron chi connectivity index (χ3n) is 16.1. The first kappa shape index (κ1) is 36.5. The van der Waals surface area contributed by atoms with E-state index in [9.17, 15) is 14.7 Å². The van der Waals surface area contributed by atoms with Gasteiger partial charge in [-0.25, -0.2) is 9.67 Å². The molecule has 10 heteroatoms. The Kier molecular flexibility index (Phi) is 9.05. The van der Waals surface area contributed by atoms with Gasteiger partial charge < -0.3 is 26.0 Å². The van der Waals surface area contributed by atoms with Gasteiger partial charge in [0, 0.05) is 11.0 Å². The Balaban J connectivity index is 1.54. The number of nitrogens with two attached hydrogens (primary N) is 2. The summed E-state index contributed by atoms with van der Waals surface area (Å²) in [7, 11) is 0. The van der Waals surface area contributed by atoms with Crippen molar-refractivity contribution in [1.82, 2.24) is 14.8 Å². The zero-order chi connectivity index (χ0) is 35.9. The van der Waals surface area contributed by atoms with E-state index in [1.165, 1.54) is 11.9 Å². The van der Waals surface area contributed by atoms with Crippen LogP contribution in [-0.2, 0) is 14.3 Å². The molecule has 5 aliphatic rings. The molecule has 6 rings (SSSR count). The highest BCUT2D eigenvalue weighted by Gasteiger charge is 2.72. The normalized spacial score (nSPS) is 42.4. The third-order valence-corrected chi connectivity index (χ3v) is 16.1. The SMILES string of the molecule is CCC(N)(CC)CO[C@H]1[C@H](n2ncnc2C(N)=O)C[C@]2(C)COC[C@@]13C1=CC[C@@]4(C)[C@H](C(=O)O)[C@@](C)([C@H](C)C(C)C)CC[C@]4(C)[C@H]1CC[C@H]23. The summed E-state index contributed by atoms with van der Waals surface area (Å²) in [5, 5.41) is 15.7. The molecular weight excluding hydrogens is 618 g/mol. The van der Waals surface area contributed by atoms with E-state index in [0.717, 1.165) is 38.5 Å². The summed E-state index contributed by atoms with van der Waals surface area (Å²) in [4.78, 5) is 30.5. The molecule has 1 saturated heterocycles. The van der Waals surface area contributed by atoms with Crippen LogP contribution in [-0.4, -0.2) is 63.2 Å². The van der Waals surface area contributed by atoms with E-state index < -0.39 is 40.3 Å². The Labute approximate surface area is 293 Å². The van der Waals surface area contributed by atoms with Crippen molar-refractivity contribution in [3.05, 3.63) is 23.8 Å². The summed E-state index contributed by atoms with van der Waals surface area (Å²) in [5.74, 6) is -0.486. The minimum Gasteiger partial charge on any atom is -0.481 e. The number of primary amides is 1. The number of fused-ring (bicyclic) bond motifs is 3. The van der Waals surface area contributed by atoms with E-state index in [1.807, 2.05) is 0 Å². The molecular formula is C39H63N5O5. The molecule has 1 aliphatic heterocycles. The van der Waals surface area contributed by atoms with Crippen molar-refractivity contribution in [2.24, 2.45) is 68.1 Å². The minimum absolute atomic E-state index is 0.140. The predicted molar refractivity (Wildman–Crippen MR) is 188 cm³/mol. The molecule has 10 nitrogen and oxygen atoms in total. The van der Waals surface area contributed by atoms with Crippen LogP contribution in [0.15, 0.2) is 18.0 Å². The molecule has 4 fully saturated rings. The molecule has 1 aromatic rings. The van der Waals surface area contributed by atoms with E-state index in [1.54, 1.807) is 4.68 Å². The second-order valence-corrected chi connectivity index (χ2v) is 18.3. The summed E-state index contributed by atoms with van der Waals surface area (Å²) in [5.41, 5.74) is 12.0. The maximum Gasteiger partial charge on any atom is 0.307 e. The number of ether oxygens (including phenoxy) is 2. The maximum atomic E-state index is 13.5. The Bertz CT molecular complexity index is 1490. The first-order valence-corrected chi connectivity index (χ1v) is 19.0. The van der Waals surface area contributed by atoms with Crippen LogP contribution in [0.3, 0.4) is 0 Å². The fraction of sp³-hybridized carbons (Fsp3) is 0.846. The topological polar surface area (TPSA) is 156 Å². The van der Waals surface area contributed by atoms with Crippen molar-refractivity contribution in [3.8, 4) is 0 Å². The summed E-state index contributed by atoms with van der Waals surface area (Å²) >= 11 is 0. The van der Waals surface area contributed by atoms with Crippen LogP contribution in [0.5, 0.6) is 0 Å². The molecule has 0 unspecified atom stereocenters. The molecule has 3 saturated carbocycles. The molecule has 1 aromatic heterocycles. The van der Waals surface area contributed by atoms with Crippen molar-refractivity contribution in [3.63, 3.8) is 0 Å². The number of carbonyl (C=O) groups is 2. The fourth-order valence-corrected chi connectivity index (χ4v) is 12.5. The second-order valence-electron chi connectivity index (χ2n) is 18.3. The van der Waals surface area contributed by atoms with Gasteiger partial charge in [-0.2, -0.15) is 5.10 Å². The van der Waals surface area contributed by atoms with Gasteiger partial charge in [-0.05, 0) is 96.7 Å². The number of carboxylic acids is 1. The van der Waals surface area contributed by atoms with E-state index in [0.29, 0.717) is 38.6 Å². The molecule has 11 atom stereocenters. The van der Waals surface area contributed by atoms with Gasteiger partial charge in [-0.15, -0.1) is 0 Å². The lowest BCUT2D eigenvalue weighted by molar-refractivity contribution is -0.254. The van der Waals surface area contributed by atoms with Gasteiger partial charge in [0.25, 0.3) is 5.91 Å². The molecule has 49 heavy (non-hydrogen) atoms. The minimum atomic E-state index is -0.664. The van der Waals surface area contributed by atoms with Crippen molar-refractivity contribution in [1.29, 1.82) is 0 Å². The largest absolute Gasteiger partial charge is 0.481 e. The van der Waals surface area contributed by atoms with Gasteiger partial charge >= 0.3 is 5.97 Å². The molecule has 0 radical (unpaired) electrons. The Morgan fingerprint density at radius 1 is 1.10 bits per heavy atom. The first-order valence-electron chi connectivity index (χ1n) is 19.0. The number of hydrogen-bond acceptors (Lipinski definition) is 7. The fourth-order valence-electron chi connectivity index (χ4n) is 12.5. The van der Waals surface area contributed by atoms with Crippen LogP contribution < -0.4 is 11.5 Å². The van der Waals surface area contributed by atoms with Crippen LogP contribution in [0.1, 0.15) is 130 Å². The van der Waals surface area contributed by atoms with E-state index in [-0.39, 0.29) is 45.9 Å². The second kappa shape index (κ2) is 12.1. The maximum absolute atomic E-state index is 13.5. The monoisotopic (exact) mass is 681 g/mol. The zero-order valence-electron chi connectivity index (χ0n) is 31.6. The molecule has 2 heterocycles. The van der Waals surface area contributed by atoms with Crippen LogP contribution in [0.25, 0.3) is 0 Å². The number of aromatic nitrogens is 3. The van der Waals surface area contributed by atoms with Gasteiger partial charge in [0.2, 0.25) is 5.82 Å². The smallest absolute Gasteiger partial charge is 0.307 e. The van der Waals surface area contributed by atoms with Gasteiger partial charge in [0.05, 0.1) is 37.9 Å². The molecule has 2 bridgehead atoms. The number of carboxylic acid groups (broad SMARTS) is 1. The highest BCUT2D eigenvalue weighted by Crippen LogP contribution is 2.75. The number of rotatable bonds is 10. The van der Waals surface area contributed by atoms with Crippen molar-refractivity contribution >= 4 is 11.9 Å². The highest BCUT2D eigenvalue weighted by molar-refractivity contribution is 5.89. The van der Waals surface area contributed by atoms with Crippen LogP contribution in [0.4, 0.5) is 0 Å². The predicted octanol–water partition coefficient (Wildman–Crippen LogP) is 6.41. The van der Waals surface area contributed by atoms with Gasteiger partial charge in [0.1, 0.15) is 6.33 Å². The molecule has 4 aliphatic carbocycles. The molecule has 274 valence electrons. The van der Waals surface area contributed by atoms with Crippen LogP contribution in [0, 0.1) is 56.7 Å². The standard InChI is InChI=1S/C39H63N5O5/c1-10-38(41,11-2)20-49-30-27(44-32(31(40)45)42-22-43-44)18-34(6)19-48-21-39(30)26-14-15-37(9)29(33(46)47)35(7,24(5)23(3)4)16-17-36(37,8)25(26)12-13-28(34)39/h14,22-25,27-30H,10-13,15-21,41H2,1-9H3,(H2,40,45)(H,46,47)/t24-,25+,27-,28-,29-,30+,34-,35-,36-,37+,39+/m1/s1. The Morgan fingerprint density at radius 3 is 2.41 bits per heavy atom. The lowest BCUT2D eigenvalue weighted by Crippen LogP contribution is -2.70. The van der Waals surface area contributed by atoms with Gasteiger partial charge in [-0.1, -0.05) is 74.0 Å². The summed E-state index contributed by atoms with van der Waals surface area (Å²) < 4.78 is 15.6. The number of nitrogens with zero attached hydrogens (tertiary/aromatic N) is 3. The van der Waals surface area contributed by atoms with Crippen LogP contribution >= 0.6 is 0 Å². The van der Waals surface area contributed by atoms with Crippen molar-refractivity contribution < 1.29 is 24.2 Å². The van der Waals surface area contributed by atoms with Crippen molar-refractivity contribution in [2.45, 2.75) is 131 Å². The molecule has 0 aromatic carbocycles. The van der Waals surface area contributed by atoms with E-state index >= 15 is 0 Å². The Morgan fingerprint density at radius 2 is 1.80 bits per heavy atom. The van der Waals surface area contributed by atoms with Gasteiger partial charge in [0.15, 0.2) is 0 Å². The zero-order valence-corrected chi connectivity index (χ0v) is 31.6. The number of allylic oxidation sites excluding steroid dienone is 1. The number of aliphatic carboxylic acids is 1. The molecule has 0 spiro atoms. The number of carbonyl (C=O) groups excluding carboxylic acids is 1. The highest BCUT2D eigenvalue weighted by atomic mass is 16.5. The number of hydrogen-bond donors (Lipinski definition) is 3. The average Bonchev–Trinajstić information content (AvgIpc) is 3.54. The average molecular weight is 682 g/mol. The van der Waals surface area contributed by atoms with Crippen molar-refractivity contribution in [2.75, 3.05) is 19.8 Å². The third kappa shape index (κ3) is 5.03. The molecule has 5 N–H and O–H groups in total. The summed E-state index contributed by atoms with van der Waals surface area (Å²) in [6, 6.07) is -0.304. The summed E-state index contributed by atoms with van der Waals surface area (Å²) in [6.45, 7) is 21.7. The Hall–Kier alpha value is -2.30. The lowest BCUT2D eigenvalue weighted by atomic mass is 9.34. The quantitative estimate of drug-likeness (QED) is 0.239. The van der Waals surface area contributed by atoms with E-state index in [2.05, 4.69) is 78.5 Å². The number of amides is 1. The lowest BCUT2D eigenvalue weighted by Gasteiger charge is -2.71. The first-order chi connectivity index (χ1) is 22.9. The summed E-state index contributed by atoms with van der Waals surface area (Å²) in [6.07, 6.45) is 10.3. The van der Waals surface area contributed by atoms with Gasteiger partial charge in [-0.3, -0.25) is 9.59 Å². The molecule has 1 amide bonds. The van der Waals surface area contributed by atoms with E-state index in [4.69, 9.17) is 20.9 Å².